The smallest absolute Gasteiger partial charge is 0.265 e. The molecule has 0 radical (unpaired) electrons. The first-order valence-electron chi connectivity index (χ1n) is 7.85. The predicted molar refractivity (Wildman–Crippen MR) is 103 cm³/mol. The van der Waals surface area contributed by atoms with Gasteiger partial charge in [-0.1, -0.05) is 17.7 Å². The Labute approximate surface area is 160 Å². The third-order valence-electron chi connectivity index (χ3n) is 4.14. The van der Waals surface area contributed by atoms with E-state index in [2.05, 4.69) is 10.6 Å². The zero-order valence-corrected chi connectivity index (χ0v) is 16.3. The number of anilines is 1. The molecule has 1 aromatic carbocycles. The maximum Gasteiger partial charge on any atom is 0.265 e. The molecule has 6 nitrogen and oxygen atoms in total. The third kappa shape index (κ3) is 4.25. The zero-order chi connectivity index (χ0) is 18.9. The van der Waals surface area contributed by atoms with Crippen LogP contribution in [-0.2, 0) is 9.84 Å². The maximum absolute atomic E-state index is 12.5. The molecule has 3 rings (SSSR count). The minimum Gasteiger partial charge on any atom is -0.346 e. The third-order valence-corrected chi connectivity index (χ3v) is 7.24. The number of thiophene rings is 1. The van der Waals surface area contributed by atoms with Crippen molar-refractivity contribution < 1.29 is 18.0 Å². The van der Waals surface area contributed by atoms with Gasteiger partial charge in [-0.15, -0.1) is 11.3 Å². The summed E-state index contributed by atoms with van der Waals surface area (Å²) in [5, 5.41) is 7.57. The van der Waals surface area contributed by atoms with E-state index in [-0.39, 0.29) is 17.4 Å². The van der Waals surface area contributed by atoms with Crippen LogP contribution < -0.4 is 10.6 Å². The molecule has 1 aromatic heterocycles. The topological polar surface area (TPSA) is 92.3 Å². The lowest BCUT2D eigenvalue weighted by Crippen LogP contribution is -2.46. The van der Waals surface area contributed by atoms with E-state index in [1.807, 2.05) is 0 Å². The zero-order valence-electron chi connectivity index (χ0n) is 13.9. The van der Waals surface area contributed by atoms with Crippen LogP contribution in [0.3, 0.4) is 0 Å². The first kappa shape index (κ1) is 18.9. The highest BCUT2D eigenvalue weighted by Crippen LogP contribution is 2.26. The number of amides is 2. The van der Waals surface area contributed by atoms with Crippen molar-refractivity contribution in [2.24, 2.45) is 0 Å². The summed E-state index contributed by atoms with van der Waals surface area (Å²) < 4.78 is 23.4. The molecule has 2 heterocycles. The van der Waals surface area contributed by atoms with Gasteiger partial charge in [0.25, 0.3) is 11.8 Å². The molecular formula is C17H17ClN2O4S2. The second kappa shape index (κ2) is 7.02. The molecule has 0 aliphatic carbocycles. The Bertz CT molecular complexity index is 957. The SMILES string of the molecule is CC1(NC(=O)c2ccc(Cl)c(NC(=O)c3cccs3)c2)CCS(=O)(=O)C1. The Morgan fingerprint density at radius 2 is 2.00 bits per heavy atom. The summed E-state index contributed by atoms with van der Waals surface area (Å²) in [6.45, 7) is 1.71. The van der Waals surface area contributed by atoms with Gasteiger partial charge in [0.1, 0.15) is 0 Å². The monoisotopic (exact) mass is 412 g/mol. The van der Waals surface area contributed by atoms with Gasteiger partial charge in [-0.05, 0) is 43.0 Å². The molecule has 1 fully saturated rings. The summed E-state index contributed by atoms with van der Waals surface area (Å²) in [4.78, 5) is 25.2. The number of hydrogen-bond donors (Lipinski definition) is 2. The fourth-order valence-corrected chi connectivity index (χ4v) is 5.69. The summed E-state index contributed by atoms with van der Waals surface area (Å²) in [6, 6.07) is 7.99. The van der Waals surface area contributed by atoms with Gasteiger partial charge in [0.15, 0.2) is 9.84 Å². The van der Waals surface area contributed by atoms with Crippen LogP contribution in [0.1, 0.15) is 33.4 Å². The maximum atomic E-state index is 12.5. The summed E-state index contributed by atoms with van der Waals surface area (Å²) >= 11 is 7.41. The average molecular weight is 413 g/mol. The minimum absolute atomic E-state index is 0.0620. The number of nitrogens with one attached hydrogen (secondary N) is 2. The summed E-state index contributed by atoms with van der Waals surface area (Å²) in [5.74, 6) is -0.741. The van der Waals surface area contributed by atoms with Gasteiger partial charge in [0.05, 0.1) is 32.6 Å². The van der Waals surface area contributed by atoms with Gasteiger partial charge in [0, 0.05) is 5.56 Å². The number of halogens is 1. The molecule has 1 aliphatic heterocycles. The molecule has 138 valence electrons. The molecule has 1 aliphatic rings. The number of hydrogen-bond acceptors (Lipinski definition) is 5. The molecule has 0 saturated carbocycles. The van der Waals surface area contributed by atoms with Crippen LogP contribution in [0, 0.1) is 0 Å². The molecule has 1 unspecified atom stereocenters. The first-order chi connectivity index (χ1) is 12.2. The van der Waals surface area contributed by atoms with E-state index in [9.17, 15) is 18.0 Å². The van der Waals surface area contributed by atoms with Crippen LogP contribution in [0.4, 0.5) is 5.69 Å². The minimum atomic E-state index is -3.13. The van der Waals surface area contributed by atoms with E-state index in [1.165, 1.54) is 29.5 Å². The molecule has 9 heteroatoms. The Hall–Kier alpha value is -1.90. The van der Waals surface area contributed by atoms with Gasteiger partial charge < -0.3 is 10.6 Å². The van der Waals surface area contributed by atoms with Crippen LogP contribution >= 0.6 is 22.9 Å². The Morgan fingerprint density at radius 1 is 1.23 bits per heavy atom. The summed E-state index contributed by atoms with van der Waals surface area (Å²) in [7, 11) is -3.13. The van der Waals surface area contributed by atoms with Crippen molar-refractivity contribution in [2.75, 3.05) is 16.8 Å². The van der Waals surface area contributed by atoms with Crippen molar-refractivity contribution in [2.45, 2.75) is 18.9 Å². The van der Waals surface area contributed by atoms with E-state index in [0.717, 1.165) is 0 Å². The van der Waals surface area contributed by atoms with Gasteiger partial charge in [-0.25, -0.2) is 8.42 Å². The number of carbonyl (C=O) groups is 2. The number of carbonyl (C=O) groups excluding carboxylic acids is 2. The molecule has 2 N–H and O–H groups in total. The van der Waals surface area contributed by atoms with Crippen molar-refractivity contribution >= 4 is 50.3 Å². The summed E-state index contributed by atoms with van der Waals surface area (Å²) in [5.41, 5.74) is -0.182. The van der Waals surface area contributed by atoms with Crippen LogP contribution in [0.25, 0.3) is 0 Å². The Morgan fingerprint density at radius 3 is 2.62 bits per heavy atom. The predicted octanol–water partition coefficient (Wildman–Crippen LogP) is 2.96. The van der Waals surface area contributed by atoms with E-state index in [0.29, 0.717) is 27.6 Å². The van der Waals surface area contributed by atoms with Gasteiger partial charge in [0.2, 0.25) is 0 Å². The molecular weight excluding hydrogens is 396 g/mol. The highest BCUT2D eigenvalue weighted by molar-refractivity contribution is 7.91. The van der Waals surface area contributed by atoms with Crippen LogP contribution in [0.2, 0.25) is 5.02 Å². The molecule has 1 saturated heterocycles. The van der Waals surface area contributed by atoms with Gasteiger partial charge >= 0.3 is 0 Å². The lowest BCUT2D eigenvalue weighted by atomic mass is 10.0. The van der Waals surface area contributed by atoms with Crippen molar-refractivity contribution in [3.05, 3.63) is 51.2 Å². The quantitative estimate of drug-likeness (QED) is 0.807. The molecule has 26 heavy (non-hydrogen) atoms. The van der Waals surface area contributed by atoms with Crippen LogP contribution in [0.15, 0.2) is 35.7 Å². The van der Waals surface area contributed by atoms with Crippen LogP contribution in [-0.4, -0.2) is 37.3 Å². The molecule has 2 amide bonds. The normalized spacial score (nSPS) is 21.3. The van der Waals surface area contributed by atoms with Crippen LogP contribution in [0.5, 0.6) is 0 Å². The van der Waals surface area contributed by atoms with Crippen molar-refractivity contribution in [3.8, 4) is 0 Å². The van der Waals surface area contributed by atoms with E-state index in [1.54, 1.807) is 24.4 Å². The highest BCUT2D eigenvalue weighted by atomic mass is 35.5. The second-order valence-corrected chi connectivity index (χ2v) is 10.0. The standard InChI is InChI=1S/C17H17ClN2O4S2/c1-17(6-8-26(23,24)10-17)20-15(21)11-4-5-12(18)13(9-11)19-16(22)14-3-2-7-25-14/h2-5,7,9H,6,8,10H2,1H3,(H,19,22)(H,20,21). The fourth-order valence-electron chi connectivity index (χ4n) is 2.81. The summed E-state index contributed by atoms with van der Waals surface area (Å²) in [6.07, 6.45) is 0.372. The van der Waals surface area contributed by atoms with E-state index < -0.39 is 21.3 Å². The van der Waals surface area contributed by atoms with E-state index in [4.69, 9.17) is 11.6 Å². The van der Waals surface area contributed by atoms with Crippen molar-refractivity contribution in [3.63, 3.8) is 0 Å². The Kier molecular flexibility index (Phi) is 5.09. The lowest BCUT2D eigenvalue weighted by molar-refractivity contribution is 0.0914. The lowest BCUT2D eigenvalue weighted by Gasteiger charge is -2.24. The molecule has 1 atom stereocenters. The number of sulfone groups is 1. The van der Waals surface area contributed by atoms with Crippen molar-refractivity contribution in [1.82, 2.24) is 5.32 Å². The Balaban J connectivity index is 1.76. The van der Waals surface area contributed by atoms with Crippen molar-refractivity contribution in [1.29, 1.82) is 0 Å². The molecule has 0 spiro atoms. The first-order valence-corrected chi connectivity index (χ1v) is 10.9. The average Bonchev–Trinajstić information content (AvgIpc) is 3.17. The molecule has 0 bridgehead atoms. The second-order valence-electron chi connectivity index (χ2n) is 6.48. The van der Waals surface area contributed by atoms with Gasteiger partial charge in [-0.3, -0.25) is 9.59 Å². The fraction of sp³-hybridized carbons (Fsp3) is 0.294. The number of benzene rings is 1. The largest absolute Gasteiger partial charge is 0.346 e. The number of rotatable bonds is 4. The molecule has 2 aromatic rings. The van der Waals surface area contributed by atoms with Gasteiger partial charge in [-0.2, -0.15) is 0 Å². The van der Waals surface area contributed by atoms with E-state index >= 15 is 0 Å². The highest BCUT2D eigenvalue weighted by Gasteiger charge is 2.39.